The molecular weight excluding hydrogens is 262 g/mol. The average molecular weight is 291 g/mol. The van der Waals surface area contributed by atoms with Crippen LogP contribution in [0.25, 0.3) is 0 Å². The Bertz CT molecular complexity index is 478. The number of hydrogen-bond acceptors (Lipinski definition) is 3. The van der Waals surface area contributed by atoms with E-state index in [1.165, 1.54) is 36.9 Å². The highest BCUT2D eigenvalue weighted by Crippen LogP contribution is 2.47. The fraction of sp³-hybridized carbons (Fsp3) is 0.824. The Balaban J connectivity index is 1.83. The number of hydrogen-bond donors (Lipinski definition) is 1. The van der Waals surface area contributed by atoms with Crippen molar-refractivity contribution >= 4 is 0 Å². The third-order valence-corrected chi connectivity index (χ3v) is 5.30. The topological polar surface area (TPSA) is 39.1 Å². The zero-order valence-electron chi connectivity index (χ0n) is 13.7. The van der Waals surface area contributed by atoms with Crippen LogP contribution >= 0.6 is 0 Å². The first-order valence-electron chi connectivity index (χ1n) is 8.57. The Hall–Kier alpha value is -0.870. The van der Waals surface area contributed by atoms with Gasteiger partial charge in [-0.3, -0.25) is 4.68 Å². The standard InChI is InChI=1S/C17H29N3O/c1-4-15-14(12-20(3)19-15)16(18-5-2)13-7-10-21-17(11-13)8-6-9-17/h12-13,16,18H,4-11H2,1-3H3. The second kappa shape index (κ2) is 6.09. The van der Waals surface area contributed by atoms with Gasteiger partial charge in [-0.05, 0) is 51.0 Å². The molecule has 3 rings (SSSR count). The number of aromatic nitrogens is 2. The molecule has 1 saturated carbocycles. The van der Waals surface area contributed by atoms with Crippen molar-refractivity contribution in [1.82, 2.24) is 15.1 Å². The van der Waals surface area contributed by atoms with Crippen molar-refractivity contribution in [1.29, 1.82) is 0 Å². The highest BCUT2D eigenvalue weighted by Gasteiger charge is 2.44. The summed E-state index contributed by atoms with van der Waals surface area (Å²) in [5, 5.41) is 8.38. The Labute approximate surface area is 128 Å². The largest absolute Gasteiger partial charge is 0.375 e. The van der Waals surface area contributed by atoms with Crippen LogP contribution in [0.1, 0.15) is 63.3 Å². The minimum atomic E-state index is 0.213. The third-order valence-electron chi connectivity index (χ3n) is 5.30. The molecule has 2 aliphatic rings. The molecule has 0 bridgehead atoms. The fourth-order valence-electron chi connectivity index (χ4n) is 4.11. The number of rotatable bonds is 5. The van der Waals surface area contributed by atoms with Crippen LogP contribution in [-0.2, 0) is 18.2 Å². The van der Waals surface area contributed by atoms with Gasteiger partial charge in [0.1, 0.15) is 0 Å². The summed E-state index contributed by atoms with van der Waals surface area (Å²) in [5.41, 5.74) is 2.87. The monoisotopic (exact) mass is 291 g/mol. The molecule has 4 heteroatoms. The molecular formula is C17H29N3O. The van der Waals surface area contributed by atoms with E-state index in [0.717, 1.165) is 26.0 Å². The predicted molar refractivity (Wildman–Crippen MR) is 84.3 cm³/mol. The van der Waals surface area contributed by atoms with Gasteiger partial charge in [-0.15, -0.1) is 0 Å². The molecule has 2 fully saturated rings. The van der Waals surface area contributed by atoms with Crippen LogP contribution in [-0.4, -0.2) is 28.5 Å². The number of ether oxygens (including phenoxy) is 1. The van der Waals surface area contributed by atoms with Crippen molar-refractivity contribution in [3.63, 3.8) is 0 Å². The molecule has 1 aromatic heterocycles. The van der Waals surface area contributed by atoms with Crippen LogP contribution in [0.2, 0.25) is 0 Å². The Kier molecular flexibility index (Phi) is 4.36. The van der Waals surface area contributed by atoms with Gasteiger partial charge < -0.3 is 10.1 Å². The van der Waals surface area contributed by atoms with E-state index in [2.05, 4.69) is 30.5 Å². The fourth-order valence-corrected chi connectivity index (χ4v) is 4.11. The van der Waals surface area contributed by atoms with Crippen LogP contribution in [0.4, 0.5) is 0 Å². The number of nitrogens with zero attached hydrogens (tertiary/aromatic N) is 2. The first kappa shape index (κ1) is 15.0. The molecule has 1 saturated heterocycles. The van der Waals surface area contributed by atoms with Crippen LogP contribution in [0, 0.1) is 5.92 Å². The van der Waals surface area contributed by atoms with E-state index >= 15 is 0 Å². The van der Waals surface area contributed by atoms with Gasteiger partial charge in [-0.1, -0.05) is 13.8 Å². The minimum absolute atomic E-state index is 0.213. The van der Waals surface area contributed by atoms with Crippen molar-refractivity contribution in [3.05, 3.63) is 17.5 Å². The average Bonchev–Trinajstić information content (AvgIpc) is 2.84. The Morgan fingerprint density at radius 2 is 2.29 bits per heavy atom. The zero-order valence-corrected chi connectivity index (χ0v) is 13.7. The zero-order chi connectivity index (χ0) is 14.9. The molecule has 21 heavy (non-hydrogen) atoms. The summed E-state index contributed by atoms with van der Waals surface area (Å²) in [4.78, 5) is 0. The van der Waals surface area contributed by atoms with Crippen molar-refractivity contribution in [3.8, 4) is 0 Å². The highest BCUT2D eigenvalue weighted by molar-refractivity contribution is 5.23. The summed E-state index contributed by atoms with van der Waals surface area (Å²) >= 11 is 0. The molecule has 2 heterocycles. The predicted octanol–water partition coefficient (Wildman–Crippen LogP) is 2.98. The molecule has 1 N–H and O–H groups in total. The second-order valence-corrected chi connectivity index (χ2v) is 6.73. The summed E-state index contributed by atoms with van der Waals surface area (Å²) in [6.07, 6.45) is 9.46. The SMILES string of the molecule is CCNC(c1cn(C)nc1CC)C1CCOC2(CCC2)C1. The van der Waals surface area contributed by atoms with Crippen LogP contribution < -0.4 is 5.32 Å². The lowest BCUT2D eigenvalue weighted by Gasteiger charge is -2.49. The maximum Gasteiger partial charge on any atom is 0.0686 e. The molecule has 1 aromatic rings. The van der Waals surface area contributed by atoms with E-state index in [1.807, 2.05) is 11.7 Å². The third kappa shape index (κ3) is 2.88. The van der Waals surface area contributed by atoms with Gasteiger partial charge in [0.15, 0.2) is 0 Å². The first-order valence-corrected chi connectivity index (χ1v) is 8.57. The smallest absolute Gasteiger partial charge is 0.0686 e. The molecule has 2 atom stereocenters. The van der Waals surface area contributed by atoms with Crippen molar-refractivity contribution in [2.45, 2.75) is 64.0 Å². The minimum Gasteiger partial charge on any atom is -0.375 e. The summed E-state index contributed by atoms with van der Waals surface area (Å²) in [5.74, 6) is 0.675. The Morgan fingerprint density at radius 3 is 2.90 bits per heavy atom. The molecule has 1 aliphatic carbocycles. The van der Waals surface area contributed by atoms with Gasteiger partial charge in [0.2, 0.25) is 0 Å². The van der Waals surface area contributed by atoms with Crippen LogP contribution in [0.15, 0.2) is 6.20 Å². The normalized spacial score (nSPS) is 25.8. The van der Waals surface area contributed by atoms with Gasteiger partial charge in [0.25, 0.3) is 0 Å². The summed E-state index contributed by atoms with van der Waals surface area (Å²) in [6, 6.07) is 0.431. The first-order chi connectivity index (χ1) is 10.2. The van der Waals surface area contributed by atoms with E-state index < -0.39 is 0 Å². The van der Waals surface area contributed by atoms with Crippen molar-refractivity contribution in [2.75, 3.05) is 13.2 Å². The highest BCUT2D eigenvalue weighted by atomic mass is 16.5. The van der Waals surface area contributed by atoms with Crippen LogP contribution in [0.3, 0.4) is 0 Å². The summed E-state index contributed by atoms with van der Waals surface area (Å²) < 4.78 is 8.08. The van der Waals surface area contributed by atoms with E-state index in [-0.39, 0.29) is 5.60 Å². The summed E-state index contributed by atoms with van der Waals surface area (Å²) in [7, 11) is 2.03. The lowest BCUT2D eigenvalue weighted by Crippen LogP contribution is -2.48. The van der Waals surface area contributed by atoms with E-state index in [4.69, 9.17) is 4.74 Å². The van der Waals surface area contributed by atoms with Gasteiger partial charge in [0, 0.05) is 31.5 Å². The molecule has 2 unspecified atom stereocenters. The molecule has 4 nitrogen and oxygen atoms in total. The van der Waals surface area contributed by atoms with Crippen molar-refractivity contribution < 1.29 is 4.74 Å². The van der Waals surface area contributed by atoms with Crippen LogP contribution in [0.5, 0.6) is 0 Å². The van der Waals surface area contributed by atoms with Gasteiger partial charge in [-0.25, -0.2) is 0 Å². The molecule has 0 aromatic carbocycles. The quantitative estimate of drug-likeness (QED) is 0.906. The lowest BCUT2D eigenvalue weighted by atomic mass is 9.69. The van der Waals surface area contributed by atoms with Crippen molar-refractivity contribution in [2.24, 2.45) is 13.0 Å². The van der Waals surface area contributed by atoms with Gasteiger partial charge >= 0.3 is 0 Å². The van der Waals surface area contributed by atoms with Gasteiger partial charge in [-0.2, -0.15) is 5.10 Å². The molecule has 1 spiro atoms. The van der Waals surface area contributed by atoms with Gasteiger partial charge in [0.05, 0.1) is 11.3 Å². The van der Waals surface area contributed by atoms with E-state index in [9.17, 15) is 0 Å². The van der Waals surface area contributed by atoms with E-state index in [1.54, 1.807) is 0 Å². The summed E-state index contributed by atoms with van der Waals surface area (Å²) in [6.45, 7) is 6.33. The van der Waals surface area contributed by atoms with E-state index in [0.29, 0.717) is 12.0 Å². The number of nitrogens with one attached hydrogen (secondary N) is 1. The molecule has 0 radical (unpaired) electrons. The number of aryl methyl sites for hydroxylation is 2. The molecule has 118 valence electrons. The molecule has 1 aliphatic heterocycles. The maximum atomic E-state index is 6.11. The second-order valence-electron chi connectivity index (χ2n) is 6.73. The Morgan fingerprint density at radius 1 is 1.48 bits per heavy atom. The maximum absolute atomic E-state index is 6.11. The lowest BCUT2D eigenvalue weighted by molar-refractivity contribution is -0.147. The molecule has 0 amide bonds.